The molecule has 1 aromatic carbocycles. The highest BCUT2D eigenvalue weighted by atomic mass is 16.3. The fourth-order valence-electron chi connectivity index (χ4n) is 2.10. The monoisotopic (exact) mass is 230 g/mol. The van der Waals surface area contributed by atoms with Gasteiger partial charge in [0, 0.05) is 30.1 Å². The van der Waals surface area contributed by atoms with Crippen LogP contribution in [0, 0.1) is 0 Å². The lowest BCUT2D eigenvalue weighted by molar-refractivity contribution is 0.0577. The minimum atomic E-state index is 0.0785. The first kappa shape index (κ1) is 10.4. The van der Waals surface area contributed by atoms with Gasteiger partial charge in [0.15, 0.2) is 0 Å². The summed E-state index contributed by atoms with van der Waals surface area (Å²) >= 11 is 0. The summed E-state index contributed by atoms with van der Waals surface area (Å²) in [5, 5.41) is 4.18. The molecular weight excluding hydrogens is 216 g/mol. The fraction of sp³-hybridized carbons (Fsp3) is 0.308. The van der Waals surface area contributed by atoms with Crippen LogP contribution in [0.1, 0.15) is 10.4 Å². The van der Waals surface area contributed by atoms with Gasteiger partial charge in [-0.15, -0.1) is 0 Å². The number of likely N-dealkylation sites (N-methyl/N-ethyl adjacent to an activating group) is 1. The predicted molar refractivity (Wildman–Crippen MR) is 65.0 cm³/mol. The van der Waals surface area contributed by atoms with E-state index in [0.717, 1.165) is 24.1 Å². The van der Waals surface area contributed by atoms with Crippen molar-refractivity contribution < 1.29 is 9.21 Å². The summed E-state index contributed by atoms with van der Waals surface area (Å²) < 4.78 is 5.30. The van der Waals surface area contributed by atoms with Gasteiger partial charge in [0.25, 0.3) is 5.91 Å². The van der Waals surface area contributed by atoms with Gasteiger partial charge >= 0.3 is 0 Å². The van der Waals surface area contributed by atoms with Gasteiger partial charge in [-0.1, -0.05) is 6.07 Å². The molecule has 0 spiro atoms. The van der Waals surface area contributed by atoms with Crippen molar-refractivity contribution in [2.75, 3.05) is 20.1 Å². The summed E-state index contributed by atoms with van der Waals surface area (Å²) in [6.45, 7) is 1.57. The number of benzene rings is 1. The van der Waals surface area contributed by atoms with Crippen molar-refractivity contribution in [1.29, 1.82) is 0 Å². The quantitative estimate of drug-likeness (QED) is 0.850. The Kier molecular flexibility index (Phi) is 2.37. The maximum absolute atomic E-state index is 12.1. The average Bonchev–Trinajstić information content (AvgIpc) is 2.74. The van der Waals surface area contributed by atoms with Gasteiger partial charge in [-0.05, 0) is 25.2 Å². The molecule has 88 valence electrons. The number of nitrogens with one attached hydrogen (secondary N) is 1. The zero-order chi connectivity index (χ0) is 11.8. The molecule has 1 amide bonds. The molecule has 0 atom stereocenters. The number of amides is 1. The molecule has 0 saturated carbocycles. The first-order valence-corrected chi connectivity index (χ1v) is 5.72. The Morgan fingerprint density at radius 2 is 2.24 bits per heavy atom. The topological polar surface area (TPSA) is 45.5 Å². The Hall–Kier alpha value is -1.81. The van der Waals surface area contributed by atoms with Crippen molar-refractivity contribution in [3.05, 3.63) is 36.1 Å². The molecule has 0 radical (unpaired) electrons. The van der Waals surface area contributed by atoms with E-state index in [9.17, 15) is 4.79 Å². The van der Waals surface area contributed by atoms with Crippen LogP contribution in [0.25, 0.3) is 11.0 Å². The third-order valence-corrected chi connectivity index (χ3v) is 3.28. The van der Waals surface area contributed by atoms with E-state index in [2.05, 4.69) is 5.32 Å². The summed E-state index contributed by atoms with van der Waals surface area (Å²) in [5.41, 5.74) is 1.46. The van der Waals surface area contributed by atoms with E-state index in [1.165, 1.54) is 0 Å². The number of carbonyl (C=O) groups excluding carboxylic acids is 1. The van der Waals surface area contributed by atoms with Gasteiger partial charge in [-0.3, -0.25) is 4.79 Å². The van der Waals surface area contributed by atoms with Gasteiger partial charge in [-0.2, -0.15) is 0 Å². The Balaban J connectivity index is 1.81. The number of nitrogens with zero attached hydrogens (tertiary/aromatic N) is 1. The second-order valence-corrected chi connectivity index (χ2v) is 4.37. The van der Waals surface area contributed by atoms with Gasteiger partial charge < -0.3 is 14.6 Å². The molecule has 1 saturated heterocycles. The van der Waals surface area contributed by atoms with Crippen molar-refractivity contribution in [2.24, 2.45) is 0 Å². The normalized spacial score (nSPS) is 16.2. The third-order valence-electron chi connectivity index (χ3n) is 3.28. The maximum atomic E-state index is 12.1. The molecule has 17 heavy (non-hydrogen) atoms. The average molecular weight is 230 g/mol. The SMILES string of the molecule is CNC1CN(C(=O)c2ccc3ccoc3c2)C1. The highest BCUT2D eigenvalue weighted by Crippen LogP contribution is 2.19. The molecule has 0 bridgehead atoms. The van der Waals surface area contributed by atoms with Crippen molar-refractivity contribution in [3.63, 3.8) is 0 Å². The number of carbonyl (C=O) groups is 1. The summed E-state index contributed by atoms with van der Waals surface area (Å²) in [5.74, 6) is 0.0785. The molecule has 0 unspecified atom stereocenters. The van der Waals surface area contributed by atoms with Gasteiger partial charge in [0.2, 0.25) is 0 Å². The van der Waals surface area contributed by atoms with E-state index < -0.39 is 0 Å². The van der Waals surface area contributed by atoms with Crippen LogP contribution in [0.15, 0.2) is 34.9 Å². The van der Waals surface area contributed by atoms with E-state index >= 15 is 0 Å². The Labute approximate surface area is 99.2 Å². The van der Waals surface area contributed by atoms with E-state index in [0.29, 0.717) is 11.6 Å². The number of hydrogen-bond acceptors (Lipinski definition) is 3. The molecular formula is C13H14N2O2. The summed E-state index contributed by atoms with van der Waals surface area (Å²) in [6, 6.07) is 7.91. The van der Waals surface area contributed by atoms with Crippen LogP contribution >= 0.6 is 0 Å². The molecule has 2 aromatic rings. The predicted octanol–water partition coefficient (Wildman–Crippen LogP) is 1.48. The minimum absolute atomic E-state index is 0.0785. The van der Waals surface area contributed by atoms with Crippen LogP contribution in [0.4, 0.5) is 0 Å². The highest BCUT2D eigenvalue weighted by molar-refractivity contribution is 5.98. The lowest BCUT2D eigenvalue weighted by atomic mass is 10.1. The number of furan rings is 1. The smallest absolute Gasteiger partial charge is 0.254 e. The van der Waals surface area contributed by atoms with Crippen LogP contribution in [0.5, 0.6) is 0 Å². The fourth-order valence-corrected chi connectivity index (χ4v) is 2.10. The molecule has 3 rings (SSSR count). The number of hydrogen-bond donors (Lipinski definition) is 1. The molecule has 1 fully saturated rings. The van der Waals surface area contributed by atoms with Crippen molar-refractivity contribution in [1.82, 2.24) is 10.2 Å². The van der Waals surface area contributed by atoms with E-state index in [4.69, 9.17) is 4.42 Å². The van der Waals surface area contributed by atoms with Crippen LogP contribution < -0.4 is 5.32 Å². The zero-order valence-electron chi connectivity index (χ0n) is 9.64. The summed E-state index contributed by atoms with van der Waals surface area (Å²) in [6.07, 6.45) is 1.64. The Morgan fingerprint density at radius 3 is 3.00 bits per heavy atom. The molecule has 1 aliphatic rings. The Bertz CT molecular complexity index is 555. The zero-order valence-corrected chi connectivity index (χ0v) is 9.64. The molecule has 1 aliphatic heterocycles. The number of fused-ring (bicyclic) bond motifs is 1. The molecule has 4 heteroatoms. The first-order chi connectivity index (χ1) is 8.28. The van der Waals surface area contributed by atoms with E-state index in [-0.39, 0.29) is 5.91 Å². The Morgan fingerprint density at radius 1 is 1.41 bits per heavy atom. The third kappa shape index (κ3) is 1.70. The lowest BCUT2D eigenvalue weighted by Crippen LogP contribution is -2.58. The standard InChI is InChI=1S/C13H14N2O2/c1-14-11-7-15(8-11)13(16)10-3-2-9-4-5-17-12(9)6-10/h2-6,11,14H,7-8H2,1H3. The van der Waals surface area contributed by atoms with Crippen LogP contribution in [-0.2, 0) is 0 Å². The van der Waals surface area contributed by atoms with E-state index in [1.807, 2.05) is 36.2 Å². The second kappa shape index (κ2) is 3.89. The molecule has 4 nitrogen and oxygen atoms in total. The van der Waals surface area contributed by atoms with Crippen molar-refractivity contribution >= 4 is 16.9 Å². The van der Waals surface area contributed by atoms with Gasteiger partial charge in [-0.25, -0.2) is 0 Å². The van der Waals surface area contributed by atoms with Gasteiger partial charge in [0.1, 0.15) is 5.58 Å². The second-order valence-electron chi connectivity index (χ2n) is 4.37. The van der Waals surface area contributed by atoms with Crippen LogP contribution in [0.3, 0.4) is 0 Å². The number of rotatable bonds is 2. The van der Waals surface area contributed by atoms with Crippen LogP contribution in [-0.4, -0.2) is 37.0 Å². The molecule has 0 aliphatic carbocycles. The number of likely N-dealkylation sites (tertiary alicyclic amines) is 1. The molecule has 2 heterocycles. The molecule has 1 N–H and O–H groups in total. The first-order valence-electron chi connectivity index (χ1n) is 5.72. The largest absolute Gasteiger partial charge is 0.464 e. The maximum Gasteiger partial charge on any atom is 0.254 e. The summed E-state index contributed by atoms with van der Waals surface area (Å²) in [7, 11) is 1.92. The van der Waals surface area contributed by atoms with Crippen molar-refractivity contribution in [2.45, 2.75) is 6.04 Å². The van der Waals surface area contributed by atoms with Gasteiger partial charge in [0.05, 0.1) is 6.26 Å². The summed E-state index contributed by atoms with van der Waals surface area (Å²) in [4.78, 5) is 13.9. The van der Waals surface area contributed by atoms with E-state index in [1.54, 1.807) is 6.26 Å². The van der Waals surface area contributed by atoms with Crippen molar-refractivity contribution in [3.8, 4) is 0 Å². The minimum Gasteiger partial charge on any atom is -0.464 e. The lowest BCUT2D eigenvalue weighted by Gasteiger charge is -2.39. The highest BCUT2D eigenvalue weighted by Gasteiger charge is 2.29. The van der Waals surface area contributed by atoms with Crippen LogP contribution in [0.2, 0.25) is 0 Å². The molecule has 1 aromatic heterocycles.